The van der Waals surface area contributed by atoms with Gasteiger partial charge < -0.3 is 5.32 Å². The van der Waals surface area contributed by atoms with Crippen LogP contribution in [0.1, 0.15) is 33.1 Å². The zero-order chi connectivity index (χ0) is 15.7. The summed E-state index contributed by atoms with van der Waals surface area (Å²) in [5, 5.41) is 9.03. The van der Waals surface area contributed by atoms with Crippen molar-refractivity contribution in [1.29, 1.82) is 0 Å². The van der Waals surface area contributed by atoms with Crippen molar-refractivity contribution in [2.75, 3.05) is 0 Å². The molecule has 1 N–H and O–H groups in total. The Balaban J connectivity index is 1.70. The van der Waals surface area contributed by atoms with Gasteiger partial charge in [-0.15, -0.1) is 0 Å². The highest BCUT2D eigenvalue weighted by atomic mass is 35.5. The van der Waals surface area contributed by atoms with E-state index in [1.54, 1.807) is 10.9 Å². The summed E-state index contributed by atoms with van der Waals surface area (Å²) in [6.45, 7) is 4.74. The molecule has 1 fully saturated rings. The average Bonchev–Trinajstić information content (AvgIpc) is 2.88. The van der Waals surface area contributed by atoms with Gasteiger partial charge in [0.2, 0.25) is 5.91 Å². The summed E-state index contributed by atoms with van der Waals surface area (Å²) in [7, 11) is 0. The summed E-state index contributed by atoms with van der Waals surface area (Å²) in [5.41, 5.74) is 0.896. The van der Waals surface area contributed by atoms with Crippen LogP contribution in [0, 0.1) is 11.8 Å². The normalized spacial score (nSPS) is 25.3. The molecule has 1 amide bonds. The number of nitrogens with one attached hydrogen (secondary N) is 1. The molecule has 1 aromatic carbocycles. The summed E-state index contributed by atoms with van der Waals surface area (Å²) in [6, 6.07) is 5.93. The van der Waals surface area contributed by atoms with E-state index in [4.69, 9.17) is 11.6 Å². The van der Waals surface area contributed by atoms with Gasteiger partial charge in [-0.2, -0.15) is 5.10 Å². The van der Waals surface area contributed by atoms with Crippen molar-refractivity contribution in [3.05, 3.63) is 29.4 Å². The lowest BCUT2D eigenvalue weighted by molar-refractivity contribution is -0.123. The van der Waals surface area contributed by atoms with Crippen LogP contribution in [0.3, 0.4) is 0 Å². The van der Waals surface area contributed by atoms with Crippen LogP contribution in [0.4, 0.5) is 0 Å². The van der Waals surface area contributed by atoms with Crippen molar-refractivity contribution in [3.8, 4) is 0 Å². The molecule has 0 radical (unpaired) electrons. The van der Waals surface area contributed by atoms with E-state index < -0.39 is 0 Å². The minimum absolute atomic E-state index is 0.0240. The average molecular weight is 320 g/mol. The van der Waals surface area contributed by atoms with Crippen LogP contribution in [0.2, 0.25) is 5.02 Å². The SMILES string of the molecule is C[C@@H]1[C@H](C)CCC[C@@H]1NC(=O)Cn1ncc2c(Cl)cccc21. The van der Waals surface area contributed by atoms with Crippen LogP contribution >= 0.6 is 11.6 Å². The standard InChI is InChI=1S/C17H22ClN3O/c1-11-5-3-7-15(12(11)2)20-17(22)10-21-16-8-4-6-14(18)13(16)9-19-21/h4,6,8-9,11-12,15H,3,5,7,10H2,1-2H3,(H,20,22)/t11-,12-,15+/m1/s1. The number of carbonyl (C=O) groups excluding carboxylic acids is 1. The predicted molar refractivity (Wildman–Crippen MR) is 88.9 cm³/mol. The third-order valence-electron chi connectivity index (χ3n) is 4.98. The summed E-state index contributed by atoms with van der Waals surface area (Å²) in [5.74, 6) is 1.22. The van der Waals surface area contributed by atoms with Crippen LogP contribution in [-0.4, -0.2) is 21.7 Å². The van der Waals surface area contributed by atoms with E-state index in [2.05, 4.69) is 24.3 Å². The highest BCUT2D eigenvalue weighted by Gasteiger charge is 2.28. The number of carbonyl (C=O) groups is 1. The van der Waals surface area contributed by atoms with Gasteiger partial charge in [0.1, 0.15) is 6.54 Å². The molecule has 4 nitrogen and oxygen atoms in total. The van der Waals surface area contributed by atoms with Crippen LogP contribution < -0.4 is 5.32 Å². The third kappa shape index (κ3) is 2.98. The van der Waals surface area contributed by atoms with Crippen molar-refractivity contribution in [2.45, 2.75) is 45.7 Å². The van der Waals surface area contributed by atoms with Gasteiger partial charge >= 0.3 is 0 Å². The second kappa shape index (κ2) is 6.29. The Morgan fingerprint density at radius 2 is 2.23 bits per heavy atom. The van der Waals surface area contributed by atoms with Crippen molar-refractivity contribution in [2.24, 2.45) is 11.8 Å². The molecule has 3 rings (SSSR count). The van der Waals surface area contributed by atoms with Gasteiger partial charge in [0.05, 0.1) is 16.7 Å². The first-order chi connectivity index (χ1) is 10.6. The molecular weight excluding hydrogens is 298 g/mol. The molecule has 22 heavy (non-hydrogen) atoms. The Morgan fingerprint density at radius 3 is 3.05 bits per heavy atom. The number of aromatic nitrogens is 2. The fourth-order valence-electron chi connectivity index (χ4n) is 3.37. The maximum absolute atomic E-state index is 12.4. The highest BCUT2D eigenvalue weighted by molar-refractivity contribution is 6.35. The Morgan fingerprint density at radius 1 is 1.41 bits per heavy atom. The lowest BCUT2D eigenvalue weighted by Gasteiger charge is -2.34. The minimum atomic E-state index is 0.0240. The lowest BCUT2D eigenvalue weighted by atomic mass is 9.78. The van der Waals surface area contributed by atoms with Gasteiger partial charge in [-0.1, -0.05) is 44.4 Å². The zero-order valence-electron chi connectivity index (χ0n) is 13.1. The van der Waals surface area contributed by atoms with Crippen molar-refractivity contribution in [3.63, 3.8) is 0 Å². The van der Waals surface area contributed by atoms with Crippen LogP contribution in [0.25, 0.3) is 10.9 Å². The maximum Gasteiger partial charge on any atom is 0.241 e. The number of rotatable bonds is 3. The summed E-state index contributed by atoms with van der Waals surface area (Å²) in [4.78, 5) is 12.4. The molecular formula is C17H22ClN3O. The number of benzene rings is 1. The molecule has 0 bridgehead atoms. The van der Waals surface area contributed by atoms with E-state index in [9.17, 15) is 4.79 Å². The van der Waals surface area contributed by atoms with Gasteiger partial charge in [0.15, 0.2) is 0 Å². The van der Waals surface area contributed by atoms with Gasteiger partial charge in [-0.3, -0.25) is 9.48 Å². The molecule has 2 aromatic rings. The van der Waals surface area contributed by atoms with Crippen LogP contribution in [0.5, 0.6) is 0 Å². The maximum atomic E-state index is 12.4. The summed E-state index contributed by atoms with van der Waals surface area (Å²) in [6.07, 6.45) is 5.24. The van der Waals surface area contributed by atoms with Gasteiger partial charge in [0, 0.05) is 11.4 Å². The Hall–Kier alpha value is -1.55. The molecule has 1 aliphatic rings. The first-order valence-electron chi connectivity index (χ1n) is 7.95. The topological polar surface area (TPSA) is 46.9 Å². The molecule has 1 aliphatic carbocycles. The van der Waals surface area contributed by atoms with Gasteiger partial charge in [0.25, 0.3) is 0 Å². The van der Waals surface area contributed by atoms with E-state index in [0.717, 1.165) is 17.3 Å². The quantitative estimate of drug-likeness (QED) is 0.939. The number of halogens is 1. The second-order valence-electron chi connectivity index (χ2n) is 6.42. The number of hydrogen-bond acceptors (Lipinski definition) is 2. The third-order valence-corrected chi connectivity index (χ3v) is 5.31. The number of fused-ring (bicyclic) bond motifs is 1. The molecule has 3 atom stereocenters. The smallest absolute Gasteiger partial charge is 0.241 e. The molecule has 5 heteroatoms. The summed E-state index contributed by atoms with van der Waals surface area (Å²) < 4.78 is 1.72. The number of amides is 1. The minimum Gasteiger partial charge on any atom is -0.351 e. The molecule has 1 heterocycles. The molecule has 118 valence electrons. The first-order valence-corrected chi connectivity index (χ1v) is 8.33. The monoisotopic (exact) mass is 319 g/mol. The van der Waals surface area contributed by atoms with Gasteiger partial charge in [-0.05, 0) is 30.4 Å². The predicted octanol–water partition coefficient (Wildman–Crippen LogP) is 3.63. The Labute approximate surface area is 135 Å². The van der Waals surface area contributed by atoms with Crippen LogP contribution in [-0.2, 0) is 11.3 Å². The lowest BCUT2D eigenvalue weighted by Crippen LogP contribution is -2.44. The molecule has 0 aliphatic heterocycles. The van der Waals surface area contributed by atoms with Crippen molar-refractivity contribution in [1.82, 2.24) is 15.1 Å². The molecule has 1 aromatic heterocycles. The highest BCUT2D eigenvalue weighted by Crippen LogP contribution is 2.29. The number of hydrogen-bond donors (Lipinski definition) is 1. The molecule has 0 unspecified atom stereocenters. The van der Waals surface area contributed by atoms with E-state index in [1.807, 2.05) is 18.2 Å². The Bertz CT molecular complexity index is 682. The summed E-state index contributed by atoms with van der Waals surface area (Å²) >= 11 is 6.14. The molecule has 1 saturated carbocycles. The van der Waals surface area contributed by atoms with E-state index in [-0.39, 0.29) is 18.5 Å². The van der Waals surface area contributed by atoms with E-state index >= 15 is 0 Å². The largest absolute Gasteiger partial charge is 0.351 e. The molecule has 0 saturated heterocycles. The van der Waals surface area contributed by atoms with Crippen LogP contribution in [0.15, 0.2) is 24.4 Å². The van der Waals surface area contributed by atoms with Crippen molar-refractivity contribution < 1.29 is 4.79 Å². The van der Waals surface area contributed by atoms with Gasteiger partial charge in [-0.25, -0.2) is 0 Å². The van der Waals surface area contributed by atoms with Crippen molar-refractivity contribution >= 4 is 28.4 Å². The Kier molecular flexibility index (Phi) is 4.39. The van der Waals surface area contributed by atoms with E-state index in [0.29, 0.717) is 16.9 Å². The molecule has 0 spiro atoms. The van der Waals surface area contributed by atoms with E-state index in [1.165, 1.54) is 12.8 Å². The zero-order valence-corrected chi connectivity index (χ0v) is 13.8. The second-order valence-corrected chi connectivity index (χ2v) is 6.82. The fraction of sp³-hybridized carbons (Fsp3) is 0.529. The first kappa shape index (κ1) is 15.3. The number of nitrogens with zero attached hydrogens (tertiary/aromatic N) is 2. The fourth-order valence-corrected chi connectivity index (χ4v) is 3.59.